The molecule has 4 rings (SSSR count). The fraction of sp³-hybridized carbons (Fsp3) is 0.174. The Balaban J connectivity index is 1.53. The van der Waals surface area contributed by atoms with Crippen LogP contribution >= 0.6 is 0 Å². The molecule has 0 aliphatic heterocycles. The summed E-state index contributed by atoms with van der Waals surface area (Å²) in [6, 6.07) is 30.6. The molecule has 2 nitrogen and oxygen atoms in total. The largest absolute Gasteiger partial charge is 0.345 e. The van der Waals surface area contributed by atoms with Gasteiger partial charge in [-0.2, -0.15) is 0 Å². The van der Waals surface area contributed by atoms with E-state index < -0.39 is 0 Å². The lowest BCUT2D eigenvalue weighted by atomic mass is 9.98. The number of nitrogens with one attached hydrogen (secondary N) is 1. The molecule has 1 fully saturated rings. The first-order valence-electron chi connectivity index (χ1n) is 8.78. The lowest BCUT2D eigenvalue weighted by molar-refractivity contribution is -0.122. The summed E-state index contributed by atoms with van der Waals surface area (Å²) in [5.41, 5.74) is 3.48. The average molecular weight is 327 g/mol. The predicted octanol–water partition coefficient (Wildman–Crippen LogP) is 4.70. The summed E-state index contributed by atoms with van der Waals surface area (Å²) in [4.78, 5) is 12.8. The van der Waals surface area contributed by atoms with Crippen molar-refractivity contribution in [2.45, 2.75) is 18.4 Å². The second kappa shape index (κ2) is 6.94. The van der Waals surface area contributed by atoms with Gasteiger partial charge in [0.15, 0.2) is 0 Å². The summed E-state index contributed by atoms with van der Waals surface area (Å²) in [6.07, 6.45) is 0.937. The highest BCUT2D eigenvalue weighted by Gasteiger charge is 2.44. The molecular weight excluding hydrogens is 306 g/mol. The van der Waals surface area contributed by atoms with Crippen molar-refractivity contribution in [3.63, 3.8) is 0 Å². The fourth-order valence-corrected chi connectivity index (χ4v) is 3.45. The highest BCUT2D eigenvalue weighted by molar-refractivity contribution is 5.83. The van der Waals surface area contributed by atoms with E-state index in [9.17, 15) is 4.79 Å². The van der Waals surface area contributed by atoms with Gasteiger partial charge in [0, 0.05) is 5.92 Å². The zero-order valence-electron chi connectivity index (χ0n) is 14.0. The van der Waals surface area contributed by atoms with Crippen LogP contribution in [0.15, 0.2) is 91.0 Å². The van der Waals surface area contributed by atoms with Gasteiger partial charge in [-0.15, -0.1) is 0 Å². The lowest BCUT2D eigenvalue weighted by Crippen LogP contribution is -2.30. The van der Waals surface area contributed by atoms with Gasteiger partial charge in [-0.25, -0.2) is 0 Å². The summed E-state index contributed by atoms with van der Waals surface area (Å²) in [7, 11) is 0. The van der Waals surface area contributed by atoms with Crippen molar-refractivity contribution >= 4 is 5.91 Å². The third-order valence-electron chi connectivity index (χ3n) is 4.91. The van der Waals surface area contributed by atoms with Crippen LogP contribution in [-0.2, 0) is 4.79 Å². The van der Waals surface area contributed by atoms with E-state index in [0.29, 0.717) is 5.92 Å². The average Bonchev–Trinajstić information content (AvgIpc) is 3.49. The zero-order chi connectivity index (χ0) is 17.1. The van der Waals surface area contributed by atoms with E-state index in [1.54, 1.807) is 0 Å². The molecule has 0 radical (unpaired) electrons. The van der Waals surface area contributed by atoms with E-state index in [1.165, 1.54) is 5.56 Å². The summed E-state index contributed by atoms with van der Waals surface area (Å²) in [5.74, 6) is 0.581. The lowest BCUT2D eigenvalue weighted by Gasteiger charge is -2.20. The molecule has 2 atom stereocenters. The topological polar surface area (TPSA) is 29.1 Å². The first kappa shape index (κ1) is 15.6. The normalized spacial score (nSPS) is 18.8. The minimum absolute atomic E-state index is 0.0809. The Kier molecular flexibility index (Phi) is 4.34. The van der Waals surface area contributed by atoms with Gasteiger partial charge in [-0.05, 0) is 29.0 Å². The van der Waals surface area contributed by atoms with E-state index in [4.69, 9.17) is 0 Å². The van der Waals surface area contributed by atoms with Gasteiger partial charge in [0.2, 0.25) is 5.91 Å². The van der Waals surface area contributed by atoms with Crippen molar-refractivity contribution in [1.82, 2.24) is 5.32 Å². The van der Waals surface area contributed by atoms with Gasteiger partial charge in [0.25, 0.3) is 0 Å². The zero-order valence-corrected chi connectivity index (χ0v) is 14.0. The maximum atomic E-state index is 12.8. The van der Waals surface area contributed by atoms with E-state index in [1.807, 2.05) is 54.6 Å². The van der Waals surface area contributed by atoms with Crippen LogP contribution in [0, 0.1) is 5.92 Å². The molecule has 1 aliphatic rings. The van der Waals surface area contributed by atoms with Crippen LogP contribution < -0.4 is 5.32 Å². The summed E-state index contributed by atoms with van der Waals surface area (Å²) in [5, 5.41) is 3.27. The standard InChI is InChI=1S/C23H21NO/c25-23(21-16-20(21)17-10-4-1-5-11-17)24-22(18-12-6-2-7-13-18)19-14-8-3-9-15-19/h1-15,20-22H,16H2,(H,24,25). The smallest absolute Gasteiger partial charge is 0.224 e. The minimum atomic E-state index is -0.105. The molecule has 25 heavy (non-hydrogen) atoms. The van der Waals surface area contributed by atoms with Crippen molar-refractivity contribution < 1.29 is 4.79 Å². The third kappa shape index (κ3) is 3.48. The van der Waals surface area contributed by atoms with Crippen molar-refractivity contribution in [3.05, 3.63) is 108 Å². The molecule has 124 valence electrons. The van der Waals surface area contributed by atoms with Gasteiger partial charge in [-0.3, -0.25) is 4.79 Å². The number of hydrogen-bond acceptors (Lipinski definition) is 1. The first-order chi connectivity index (χ1) is 12.3. The van der Waals surface area contributed by atoms with Crippen molar-refractivity contribution in [3.8, 4) is 0 Å². The molecule has 2 heteroatoms. The van der Waals surface area contributed by atoms with Crippen molar-refractivity contribution in [2.75, 3.05) is 0 Å². The number of carbonyl (C=O) groups excluding carboxylic acids is 1. The maximum Gasteiger partial charge on any atom is 0.224 e. The molecule has 0 bridgehead atoms. The molecule has 1 N–H and O–H groups in total. The Labute approximate surface area is 148 Å². The molecule has 0 spiro atoms. The highest BCUT2D eigenvalue weighted by atomic mass is 16.2. The SMILES string of the molecule is O=C(NC(c1ccccc1)c1ccccc1)C1CC1c1ccccc1. The summed E-state index contributed by atoms with van der Waals surface area (Å²) >= 11 is 0. The number of rotatable bonds is 5. The maximum absolute atomic E-state index is 12.8. The summed E-state index contributed by atoms with van der Waals surface area (Å²) < 4.78 is 0. The van der Waals surface area contributed by atoms with Crippen LogP contribution in [0.3, 0.4) is 0 Å². The predicted molar refractivity (Wildman–Crippen MR) is 100 cm³/mol. The fourth-order valence-electron chi connectivity index (χ4n) is 3.45. The van der Waals surface area contributed by atoms with Crippen LogP contribution in [0.25, 0.3) is 0 Å². The second-order valence-electron chi connectivity index (χ2n) is 6.62. The number of benzene rings is 3. The van der Waals surface area contributed by atoms with Crippen LogP contribution in [0.4, 0.5) is 0 Å². The summed E-state index contributed by atoms with van der Waals surface area (Å²) in [6.45, 7) is 0. The Bertz CT molecular complexity index is 790. The molecule has 0 saturated heterocycles. The van der Waals surface area contributed by atoms with E-state index in [-0.39, 0.29) is 17.9 Å². The monoisotopic (exact) mass is 327 g/mol. The first-order valence-corrected chi connectivity index (χ1v) is 8.78. The molecule has 2 unspecified atom stereocenters. The molecule has 0 aromatic heterocycles. The van der Waals surface area contributed by atoms with Gasteiger partial charge in [0.1, 0.15) is 0 Å². The van der Waals surface area contributed by atoms with E-state index >= 15 is 0 Å². The van der Waals surface area contributed by atoms with Gasteiger partial charge in [0.05, 0.1) is 6.04 Å². The van der Waals surface area contributed by atoms with E-state index in [2.05, 4.69) is 41.7 Å². The van der Waals surface area contributed by atoms with Crippen LogP contribution in [0.2, 0.25) is 0 Å². The molecular formula is C23H21NO. The van der Waals surface area contributed by atoms with Gasteiger partial charge >= 0.3 is 0 Å². The molecule has 1 saturated carbocycles. The quantitative estimate of drug-likeness (QED) is 0.723. The third-order valence-corrected chi connectivity index (χ3v) is 4.91. The molecule has 0 heterocycles. The molecule has 1 amide bonds. The second-order valence-corrected chi connectivity index (χ2v) is 6.62. The van der Waals surface area contributed by atoms with Gasteiger partial charge < -0.3 is 5.32 Å². The Morgan fingerprint density at radius 2 is 1.24 bits per heavy atom. The van der Waals surface area contributed by atoms with Crippen LogP contribution in [0.5, 0.6) is 0 Å². The Hall–Kier alpha value is -2.87. The Morgan fingerprint density at radius 1 is 0.760 bits per heavy atom. The number of amides is 1. The highest BCUT2D eigenvalue weighted by Crippen LogP contribution is 2.47. The molecule has 3 aromatic carbocycles. The van der Waals surface area contributed by atoms with E-state index in [0.717, 1.165) is 17.5 Å². The molecule has 1 aliphatic carbocycles. The molecule has 3 aromatic rings. The number of carbonyl (C=O) groups is 1. The van der Waals surface area contributed by atoms with Crippen molar-refractivity contribution in [1.29, 1.82) is 0 Å². The van der Waals surface area contributed by atoms with Crippen molar-refractivity contribution in [2.24, 2.45) is 5.92 Å². The van der Waals surface area contributed by atoms with Gasteiger partial charge in [-0.1, -0.05) is 91.0 Å². The van der Waals surface area contributed by atoms with Crippen LogP contribution in [-0.4, -0.2) is 5.91 Å². The minimum Gasteiger partial charge on any atom is -0.345 e. The number of hydrogen-bond donors (Lipinski definition) is 1. The van der Waals surface area contributed by atoms with Crippen LogP contribution in [0.1, 0.15) is 35.1 Å². The Morgan fingerprint density at radius 3 is 1.76 bits per heavy atom.